The van der Waals surface area contributed by atoms with E-state index in [9.17, 15) is 25.2 Å². The molecule has 0 aliphatic heterocycles. The summed E-state index contributed by atoms with van der Waals surface area (Å²) < 4.78 is 59.2. The zero-order valence-electron chi connectivity index (χ0n) is 38.0. The minimum Gasteiger partial charge on any atom is -0.255 e. The molecule has 21 heteroatoms. The van der Waals surface area contributed by atoms with Crippen LogP contribution >= 0.6 is 7.81 Å². The van der Waals surface area contributed by atoms with Crippen molar-refractivity contribution in [3.63, 3.8) is 0 Å². The van der Waals surface area contributed by atoms with E-state index in [0.29, 0.717) is 0 Å². The molecule has 10 rings (SSSR count). The molecule has 10 heterocycles. The number of aromatic nitrogens is 10. The number of rotatable bonds is 7. The first-order chi connectivity index (χ1) is 34.3. The first-order valence-corrected chi connectivity index (χ1v) is 23.0. The molecule has 0 bridgehead atoms. The number of nitrogens with zero attached hydrogens (tertiary/aromatic N) is 12. The second-order valence-electron chi connectivity index (χ2n) is 13.7. The van der Waals surface area contributed by atoms with Crippen LogP contribution in [0.15, 0.2) is 254 Å². The smallest absolute Gasteiger partial charge is 0.255 e. The van der Waals surface area contributed by atoms with Crippen LogP contribution in [0.5, 0.6) is 0 Å². The molecule has 0 aliphatic rings. The fourth-order valence-electron chi connectivity index (χ4n) is 5.20. The summed E-state index contributed by atoms with van der Waals surface area (Å²) in [7, 11) is -10.7. The molecule has 373 valence electrons. The zero-order valence-corrected chi connectivity index (χ0v) is 42.4. The Bertz CT molecular complexity index is 2530. The number of hydrogen-bond donors (Lipinski definition) is 0. The molecule has 0 saturated heterocycles. The molecule has 12 nitrogen and oxygen atoms in total. The van der Waals surface area contributed by atoms with E-state index in [1.54, 1.807) is 74.4 Å². The van der Waals surface area contributed by atoms with Gasteiger partial charge in [-0.3, -0.25) is 49.8 Å². The van der Waals surface area contributed by atoms with E-state index >= 15 is 0 Å². The minimum atomic E-state index is -10.7. The van der Waals surface area contributed by atoms with Gasteiger partial charge in [-0.25, -0.2) is 0 Å². The summed E-state index contributed by atoms with van der Waals surface area (Å²) in [5.74, 6) is 0. The Morgan fingerprint density at radius 1 is 0.260 bits per heavy atom. The molecule has 0 N–H and O–H groups in total. The van der Waals surface area contributed by atoms with Gasteiger partial charge in [0, 0.05) is 81.4 Å². The Balaban J connectivity index is 0.000000233. The normalized spacial score (nSPS) is 11.0. The Kier molecular flexibility index (Phi) is 25.0. The second-order valence-corrected chi connectivity index (χ2v) is 15.6. The summed E-state index contributed by atoms with van der Waals surface area (Å²) in [6.07, 6.45) is 20.8. The van der Waals surface area contributed by atoms with E-state index in [2.05, 4.69) is 60.0 Å². The Labute approximate surface area is 442 Å². The third-order valence-electron chi connectivity index (χ3n) is 8.19. The summed E-state index contributed by atoms with van der Waals surface area (Å²) in [6, 6.07) is 57.6. The van der Waals surface area contributed by atoms with Crippen molar-refractivity contribution in [2.45, 2.75) is 0 Å². The second kappa shape index (κ2) is 30.7. The monoisotopic (exact) mass is 1180 g/mol. The summed E-state index contributed by atoms with van der Waals surface area (Å²) in [6.45, 7) is 0. The minimum absolute atomic E-state index is 0. The van der Waals surface area contributed by atoms with Gasteiger partial charge < -0.3 is 0 Å². The van der Waals surface area contributed by atoms with Crippen LogP contribution in [0.1, 0.15) is 11.4 Å². The maximum absolute atomic E-state index is 10.7. The molecular formula is C52H42F6N12PRu2. The average Bonchev–Trinajstić information content (AvgIpc) is 3.42. The van der Waals surface area contributed by atoms with Gasteiger partial charge in [0.05, 0.1) is 69.4 Å². The van der Waals surface area contributed by atoms with E-state index < -0.39 is 7.81 Å². The summed E-state index contributed by atoms with van der Waals surface area (Å²) in [5.41, 5.74) is 8.88. The van der Waals surface area contributed by atoms with E-state index in [4.69, 9.17) is 0 Å². The van der Waals surface area contributed by atoms with Crippen LogP contribution in [0.4, 0.5) is 25.2 Å². The Hall–Kier alpha value is -7.90. The van der Waals surface area contributed by atoms with E-state index in [-0.39, 0.29) is 39.0 Å². The molecule has 0 unspecified atom stereocenters. The SMILES string of the molecule is C(=N\N=C\c1ccccn1)/c1ccccn1.F[P-](F)(F)(F)(F)F.[Ru+].[Ru].c1ccc(-c2ccccn2)nc1.c1ccc(-c2ccccn2)nc1.c1ccc(-c2ccccn2)nc1.c1ccc(-c2ccccn2)nc1. The summed E-state index contributed by atoms with van der Waals surface area (Å²) in [4.78, 5) is 41.7. The Morgan fingerprint density at radius 3 is 0.534 bits per heavy atom. The third kappa shape index (κ3) is 27.3. The van der Waals surface area contributed by atoms with Crippen LogP contribution in [-0.2, 0) is 39.0 Å². The molecule has 0 amide bonds. The van der Waals surface area contributed by atoms with Crippen molar-refractivity contribution in [2.75, 3.05) is 0 Å². The third-order valence-corrected chi connectivity index (χ3v) is 8.19. The van der Waals surface area contributed by atoms with Gasteiger partial charge in [-0.1, -0.05) is 60.7 Å². The van der Waals surface area contributed by atoms with Gasteiger partial charge in [-0.2, -0.15) is 10.2 Å². The van der Waals surface area contributed by atoms with Crippen LogP contribution in [0, 0.1) is 0 Å². The quantitative estimate of drug-likeness (QED) is 0.0495. The number of halogens is 6. The van der Waals surface area contributed by atoms with Gasteiger partial charge in [0.1, 0.15) is 0 Å². The van der Waals surface area contributed by atoms with Gasteiger partial charge >= 0.3 is 52.5 Å². The largest absolute Gasteiger partial charge is 1.00 e. The van der Waals surface area contributed by atoms with E-state index in [0.717, 1.165) is 56.9 Å². The van der Waals surface area contributed by atoms with E-state index in [1.165, 1.54) is 0 Å². The molecule has 0 aromatic carbocycles. The fraction of sp³-hybridized carbons (Fsp3) is 0. The molecule has 10 aromatic rings. The molecule has 0 saturated carbocycles. The van der Waals surface area contributed by atoms with Crippen molar-refractivity contribution in [2.24, 2.45) is 10.2 Å². The van der Waals surface area contributed by atoms with Crippen LogP contribution in [0.3, 0.4) is 0 Å². The predicted octanol–water partition coefficient (Wildman–Crippen LogP) is 13.9. The van der Waals surface area contributed by atoms with Crippen molar-refractivity contribution in [1.82, 2.24) is 49.8 Å². The topological polar surface area (TPSA) is 154 Å². The maximum Gasteiger partial charge on any atom is 1.00 e. The molecular weight excluding hydrogens is 1140 g/mol. The van der Waals surface area contributed by atoms with Gasteiger partial charge in [0.2, 0.25) is 0 Å². The van der Waals surface area contributed by atoms with E-state index in [1.807, 2.05) is 182 Å². The van der Waals surface area contributed by atoms with Crippen molar-refractivity contribution in [3.8, 4) is 45.6 Å². The fourth-order valence-corrected chi connectivity index (χ4v) is 5.20. The van der Waals surface area contributed by atoms with Crippen LogP contribution in [0.2, 0.25) is 0 Å². The molecule has 0 aliphatic carbocycles. The van der Waals surface area contributed by atoms with Gasteiger partial charge in [0.15, 0.2) is 0 Å². The molecule has 73 heavy (non-hydrogen) atoms. The van der Waals surface area contributed by atoms with Gasteiger partial charge in [-0.05, 0) is 121 Å². The first kappa shape index (κ1) is 59.4. The summed E-state index contributed by atoms with van der Waals surface area (Å²) in [5, 5.41) is 7.76. The van der Waals surface area contributed by atoms with Crippen molar-refractivity contribution < 1.29 is 64.1 Å². The molecule has 1 radical (unpaired) electrons. The number of hydrogen-bond acceptors (Lipinski definition) is 12. The summed E-state index contributed by atoms with van der Waals surface area (Å²) >= 11 is 0. The maximum atomic E-state index is 9.87. The van der Waals surface area contributed by atoms with Crippen LogP contribution < -0.4 is 0 Å². The van der Waals surface area contributed by atoms with Crippen molar-refractivity contribution >= 4 is 20.2 Å². The molecule has 0 fully saturated rings. The average molecular weight is 1180 g/mol. The first-order valence-electron chi connectivity index (χ1n) is 21.0. The van der Waals surface area contributed by atoms with Crippen molar-refractivity contribution in [3.05, 3.63) is 255 Å². The Morgan fingerprint density at radius 2 is 0.411 bits per heavy atom. The van der Waals surface area contributed by atoms with Gasteiger partial charge in [0.25, 0.3) is 0 Å². The molecule has 10 aromatic heterocycles. The zero-order chi connectivity index (χ0) is 50.4. The molecule has 0 atom stereocenters. The van der Waals surface area contributed by atoms with Crippen LogP contribution in [0.25, 0.3) is 45.6 Å². The standard InChI is InChI=1S/C12H10N4.4C10H8N2.F6P.2Ru/c1-3-7-13-11(5-1)9-15-16-10-12-6-2-4-8-14-12;4*1-3-7-11-9(5-1)10-6-2-4-8-12-10;1-7(2,3,4,5)6;;/h1-10H;4*1-8H;;;/q;;;;;-1;;+1/b15-9+,16-10+;;;;;;;. The number of pyridine rings is 10. The molecule has 0 spiro atoms. The van der Waals surface area contributed by atoms with Crippen molar-refractivity contribution in [1.29, 1.82) is 0 Å². The van der Waals surface area contributed by atoms with Crippen LogP contribution in [-0.4, -0.2) is 62.3 Å². The predicted molar refractivity (Wildman–Crippen MR) is 267 cm³/mol. The van der Waals surface area contributed by atoms with Gasteiger partial charge in [-0.15, -0.1) is 0 Å².